The van der Waals surface area contributed by atoms with Crippen LogP contribution in [-0.2, 0) is 6.18 Å². The minimum atomic E-state index is -4.67. The van der Waals surface area contributed by atoms with Crippen molar-refractivity contribution < 1.29 is 22.8 Å². The average molecular weight is 491 g/mol. The van der Waals surface area contributed by atoms with Gasteiger partial charge in [0.15, 0.2) is 0 Å². The van der Waals surface area contributed by atoms with Crippen LogP contribution >= 0.6 is 22.6 Å². The fourth-order valence-electron chi connectivity index (χ4n) is 1.99. The molecular formula is C17H13F3IN3O3. The number of anilines is 1. The summed E-state index contributed by atoms with van der Waals surface area (Å²) in [5.41, 5.74) is 1.11. The minimum Gasteiger partial charge on any atom is -0.488 e. The van der Waals surface area contributed by atoms with Gasteiger partial charge in [0.05, 0.1) is 20.3 Å². The summed E-state index contributed by atoms with van der Waals surface area (Å²) in [5, 5.41) is 14.9. The van der Waals surface area contributed by atoms with Gasteiger partial charge in [0.1, 0.15) is 18.0 Å². The lowest BCUT2D eigenvalue weighted by atomic mass is 10.1. The Morgan fingerprint density at radius 1 is 1.30 bits per heavy atom. The summed E-state index contributed by atoms with van der Waals surface area (Å²) in [6.45, 7) is 3.93. The van der Waals surface area contributed by atoms with Gasteiger partial charge >= 0.3 is 6.18 Å². The quantitative estimate of drug-likeness (QED) is 0.189. The van der Waals surface area contributed by atoms with E-state index in [9.17, 15) is 23.3 Å². The predicted molar refractivity (Wildman–Crippen MR) is 104 cm³/mol. The highest BCUT2D eigenvalue weighted by Gasteiger charge is 2.33. The molecule has 2 aromatic carbocycles. The van der Waals surface area contributed by atoms with Gasteiger partial charge in [0.25, 0.3) is 5.69 Å². The van der Waals surface area contributed by atoms with Gasteiger partial charge in [-0.1, -0.05) is 12.7 Å². The summed E-state index contributed by atoms with van der Waals surface area (Å²) in [6.07, 6.45) is -1.66. The largest absolute Gasteiger partial charge is 0.488 e. The third kappa shape index (κ3) is 5.67. The van der Waals surface area contributed by atoms with Crippen LogP contribution in [0.5, 0.6) is 5.75 Å². The molecule has 0 aliphatic heterocycles. The zero-order valence-electron chi connectivity index (χ0n) is 13.7. The van der Waals surface area contributed by atoms with Crippen LogP contribution in [-0.4, -0.2) is 17.7 Å². The number of rotatable bonds is 7. The van der Waals surface area contributed by atoms with E-state index in [-0.39, 0.29) is 5.69 Å². The molecule has 0 spiro atoms. The van der Waals surface area contributed by atoms with E-state index in [2.05, 4.69) is 39.7 Å². The Kier molecular flexibility index (Phi) is 6.77. The fraction of sp³-hybridized carbons (Fsp3) is 0.118. The Labute approximate surface area is 166 Å². The van der Waals surface area contributed by atoms with Crippen LogP contribution in [0.15, 0.2) is 54.2 Å². The summed E-state index contributed by atoms with van der Waals surface area (Å²) in [5.74, 6) is 0.666. The number of hydrazone groups is 1. The monoisotopic (exact) mass is 491 g/mol. The van der Waals surface area contributed by atoms with Gasteiger partial charge in [0.2, 0.25) is 0 Å². The van der Waals surface area contributed by atoms with Crippen molar-refractivity contribution in [3.8, 4) is 5.75 Å². The molecule has 0 radical (unpaired) electrons. The van der Waals surface area contributed by atoms with Gasteiger partial charge in [-0.3, -0.25) is 15.5 Å². The molecule has 0 saturated carbocycles. The van der Waals surface area contributed by atoms with E-state index in [0.29, 0.717) is 24.0 Å². The van der Waals surface area contributed by atoms with Crippen LogP contribution in [0.3, 0.4) is 0 Å². The third-order valence-electron chi connectivity index (χ3n) is 3.23. The molecule has 0 aromatic heterocycles. The van der Waals surface area contributed by atoms with Gasteiger partial charge in [-0.15, -0.1) is 0 Å². The average Bonchev–Trinajstić information content (AvgIpc) is 2.60. The normalized spacial score (nSPS) is 11.4. The maximum absolute atomic E-state index is 12.7. The van der Waals surface area contributed by atoms with Crippen LogP contribution in [0, 0.1) is 13.7 Å². The summed E-state index contributed by atoms with van der Waals surface area (Å²) >= 11 is 2.08. The van der Waals surface area contributed by atoms with Crippen molar-refractivity contribution in [1.82, 2.24) is 0 Å². The molecule has 2 rings (SSSR count). The van der Waals surface area contributed by atoms with Crippen molar-refractivity contribution in [1.29, 1.82) is 0 Å². The van der Waals surface area contributed by atoms with Crippen molar-refractivity contribution in [3.63, 3.8) is 0 Å². The Morgan fingerprint density at radius 3 is 2.63 bits per heavy atom. The second-order valence-electron chi connectivity index (χ2n) is 5.15. The van der Waals surface area contributed by atoms with Crippen molar-refractivity contribution in [2.75, 3.05) is 12.0 Å². The summed E-state index contributed by atoms with van der Waals surface area (Å²) in [7, 11) is 0. The van der Waals surface area contributed by atoms with Gasteiger partial charge in [-0.05, 0) is 58.5 Å². The highest BCUT2D eigenvalue weighted by atomic mass is 127. The molecule has 0 atom stereocenters. The number of nitrogens with zero attached hydrogens (tertiary/aromatic N) is 2. The van der Waals surface area contributed by atoms with Gasteiger partial charge in [0, 0.05) is 6.07 Å². The Hall–Kier alpha value is -2.63. The van der Waals surface area contributed by atoms with E-state index in [0.717, 1.165) is 15.7 Å². The molecule has 0 bridgehead atoms. The Morgan fingerprint density at radius 2 is 2.04 bits per heavy atom. The number of hydrogen-bond acceptors (Lipinski definition) is 5. The number of nitrogens with one attached hydrogen (secondary N) is 1. The number of alkyl halides is 3. The SMILES string of the molecule is C=CCOc1ccc(/C=N\Nc2ccc(C(F)(F)F)cc2[N+](=O)[O-])cc1I. The first kappa shape index (κ1) is 20.7. The number of nitro groups is 1. The fourth-order valence-corrected chi connectivity index (χ4v) is 2.69. The molecule has 0 aliphatic carbocycles. The highest BCUT2D eigenvalue weighted by molar-refractivity contribution is 14.1. The molecule has 0 aliphatic rings. The van der Waals surface area contributed by atoms with E-state index < -0.39 is 22.4 Å². The first-order chi connectivity index (χ1) is 12.7. The summed E-state index contributed by atoms with van der Waals surface area (Å²) in [6, 6.07) is 7.39. The number of hydrogen-bond donors (Lipinski definition) is 1. The molecule has 2 aromatic rings. The molecule has 6 nitrogen and oxygen atoms in total. The topological polar surface area (TPSA) is 76.8 Å². The first-order valence-corrected chi connectivity index (χ1v) is 8.48. The summed E-state index contributed by atoms with van der Waals surface area (Å²) in [4.78, 5) is 10.1. The number of halogens is 4. The smallest absolute Gasteiger partial charge is 0.416 e. The second kappa shape index (κ2) is 8.84. The molecule has 0 saturated heterocycles. The van der Waals surface area contributed by atoms with Crippen LogP contribution in [0.25, 0.3) is 0 Å². The molecule has 0 unspecified atom stereocenters. The van der Waals surface area contributed by atoms with E-state index in [1.165, 1.54) is 6.21 Å². The maximum atomic E-state index is 12.7. The van der Waals surface area contributed by atoms with E-state index in [1.807, 2.05) is 0 Å². The second-order valence-corrected chi connectivity index (χ2v) is 6.31. The van der Waals surface area contributed by atoms with E-state index in [4.69, 9.17) is 4.74 Å². The number of nitro benzene ring substituents is 1. The molecule has 10 heteroatoms. The zero-order valence-corrected chi connectivity index (χ0v) is 15.8. The van der Waals surface area contributed by atoms with Gasteiger partial charge < -0.3 is 4.74 Å². The lowest BCUT2D eigenvalue weighted by molar-refractivity contribution is -0.384. The van der Waals surface area contributed by atoms with Crippen LogP contribution in [0.2, 0.25) is 0 Å². The van der Waals surface area contributed by atoms with Gasteiger partial charge in [-0.25, -0.2) is 0 Å². The molecule has 142 valence electrons. The molecular weight excluding hydrogens is 478 g/mol. The Balaban J connectivity index is 2.17. The maximum Gasteiger partial charge on any atom is 0.416 e. The minimum absolute atomic E-state index is 0.148. The lowest BCUT2D eigenvalue weighted by Crippen LogP contribution is -2.06. The number of benzene rings is 2. The van der Waals surface area contributed by atoms with Crippen LogP contribution < -0.4 is 10.2 Å². The Bertz CT molecular complexity index is 885. The first-order valence-electron chi connectivity index (χ1n) is 7.40. The van der Waals surface area contributed by atoms with Crippen molar-refractivity contribution >= 4 is 40.2 Å². The lowest BCUT2D eigenvalue weighted by Gasteiger charge is -2.08. The number of ether oxygens (including phenoxy) is 1. The standard InChI is InChI=1S/C17H13F3IN3O3/c1-2-7-27-16-6-3-11(8-13(16)21)10-22-23-14-5-4-12(17(18,19)20)9-15(14)24(25)26/h2-6,8-10,23H,1,7H2/b22-10-. The molecule has 27 heavy (non-hydrogen) atoms. The van der Waals surface area contributed by atoms with Crippen molar-refractivity contribution in [3.05, 3.63) is 73.9 Å². The van der Waals surface area contributed by atoms with Crippen LogP contribution in [0.1, 0.15) is 11.1 Å². The van der Waals surface area contributed by atoms with Crippen molar-refractivity contribution in [2.45, 2.75) is 6.18 Å². The zero-order chi connectivity index (χ0) is 20.0. The highest BCUT2D eigenvalue weighted by Crippen LogP contribution is 2.35. The van der Waals surface area contributed by atoms with Crippen LogP contribution in [0.4, 0.5) is 24.5 Å². The molecule has 0 heterocycles. The third-order valence-corrected chi connectivity index (χ3v) is 4.08. The van der Waals surface area contributed by atoms with Gasteiger partial charge in [-0.2, -0.15) is 18.3 Å². The summed E-state index contributed by atoms with van der Waals surface area (Å²) < 4.78 is 44.3. The molecule has 1 N–H and O–H groups in total. The van der Waals surface area contributed by atoms with E-state index in [1.54, 1.807) is 24.3 Å². The van der Waals surface area contributed by atoms with E-state index >= 15 is 0 Å². The predicted octanol–water partition coefficient (Wildman–Crippen LogP) is 5.23. The van der Waals surface area contributed by atoms with Crippen molar-refractivity contribution in [2.24, 2.45) is 5.10 Å². The molecule has 0 amide bonds. The molecule has 0 fully saturated rings.